The molecule has 0 saturated heterocycles. The maximum absolute atomic E-state index is 5.40. The molecule has 98 valence electrons. The van der Waals surface area contributed by atoms with E-state index in [1.807, 2.05) is 42.5 Å². The zero-order chi connectivity index (χ0) is 13.8. The summed E-state index contributed by atoms with van der Waals surface area (Å²) in [4.78, 5) is 0.655. The lowest BCUT2D eigenvalue weighted by atomic mass is 10.2. The summed E-state index contributed by atoms with van der Waals surface area (Å²) in [6, 6.07) is 13.6. The van der Waals surface area contributed by atoms with Crippen LogP contribution in [0.15, 0.2) is 51.4 Å². The molecule has 1 N–H and O–H groups in total. The maximum atomic E-state index is 5.40. The van der Waals surface area contributed by atoms with Crippen molar-refractivity contribution in [3.8, 4) is 5.75 Å². The molecule has 0 fully saturated rings. The van der Waals surface area contributed by atoms with Crippen LogP contribution < -0.4 is 10.1 Å². The minimum atomic E-state index is 0.655. The van der Waals surface area contributed by atoms with Crippen molar-refractivity contribution in [2.45, 2.75) is 0 Å². The van der Waals surface area contributed by atoms with Crippen LogP contribution in [0.3, 0.4) is 0 Å². The van der Waals surface area contributed by atoms with Crippen molar-refractivity contribution in [1.82, 2.24) is 0 Å². The van der Waals surface area contributed by atoms with Crippen LogP contribution in [0, 0.1) is 0 Å². The van der Waals surface area contributed by atoms with E-state index in [1.54, 1.807) is 7.11 Å². The van der Waals surface area contributed by atoms with Gasteiger partial charge in [-0.1, -0.05) is 58.5 Å². The number of rotatable bonds is 3. The lowest BCUT2D eigenvalue weighted by Gasteiger charge is -2.14. The molecular weight excluding hydrogens is 390 g/mol. The number of halogens is 2. The molecule has 0 aliphatic carbocycles. The minimum Gasteiger partial charge on any atom is -0.494 e. The highest BCUT2D eigenvalue weighted by Gasteiger charge is 2.11. The second-order valence-corrected chi connectivity index (χ2v) is 5.96. The third kappa shape index (κ3) is 3.55. The Hall–Kier alpha value is -0.910. The Morgan fingerprint density at radius 3 is 2.47 bits per heavy atom. The summed E-state index contributed by atoms with van der Waals surface area (Å²) in [5.41, 5.74) is 1.79. The van der Waals surface area contributed by atoms with Gasteiger partial charge in [0.1, 0.15) is 10.7 Å². The van der Waals surface area contributed by atoms with Crippen LogP contribution in [0.2, 0.25) is 0 Å². The van der Waals surface area contributed by atoms with Crippen molar-refractivity contribution in [2.75, 3.05) is 12.4 Å². The molecule has 0 saturated carbocycles. The van der Waals surface area contributed by atoms with Gasteiger partial charge in [0.05, 0.1) is 12.8 Å². The first-order valence-corrected chi connectivity index (χ1v) is 7.50. The Labute approximate surface area is 134 Å². The number of anilines is 1. The van der Waals surface area contributed by atoms with Gasteiger partial charge in [0.15, 0.2) is 0 Å². The first-order chi connectivity index (χ1) is 9.11. The van der Waals surface area contributed by atoms with Gasteiger partial charge in [-0.25, -0.2) is 0 Å². The number of nitrogens with one attached hydrogen (secondary N) is 1. The van der Waals surface area contributed by atoms with Crippen molar-refractivity contribution in [3.63, 3.8) is 0 Å². The van der Waals surface area contributed by atoms with Gasteiger partial charge in [0, 0.05) is 14.5 Å². The number of hydrogen-bond acceptors (Lipinski definition) is 2. The summed E-state index contributed by atoms with van der Waals surface area (Å²) in [7, 11) is 1.63. The molecule has 0 aromatic heterocycles. The van der Waals surface area contributed by atoms with E-state index < -0.39 is 0 Å². The van der Waals surface area contributed by atoms with E-state index in [-0.39, 0.29) is 0 Å². The number of methoxy groups -OCH3 is 1. The summed E-state index contributed by atoms with van der Waals surface area (Å²) >= 11 is 12.3. The molecule has 2 rings (SSSR count). The fourth-order valence-electron chi connectivity index (χ4n) is 1.61. The zero-order valence-corrected chi connectivity index (χ0v) is 14.1. The molecule has 0 aliphatic heterocycles. The Morgan fingerprint density at radius 2 is 1.84 bits per heavy atom. The average molecular weight is 401 g/mol. The average Bonchev–Trinajstić information content (AvgIpc) is 2.42. The summed E-state index contributed by atoms with van der Waals surface area (Å²) in [5, 5.41) is 3.21. The molecule has 19 heavy (non-hydrogen) atoms. The van der Waals surface area contributed by atoms with Gasteiger partial charge in [-0.15, -0.1) is 0 Å². The van der Waals surface area contributed by atoms with E-state index in [9.17, 15) is 0 Å². The molecule has 0 atom stereocenters. The molecule has 2 nitrogen and oxygen atoms in total. The van der Waals surface area contributed by atoms with Crippen molar-refractivity contribution in [3.05, 3.63) is 57.0 Å². The quantitative estimate of drug-likeness (QED) is 0.731. The SMILES string of the molecule is COc1cc(Br)cc(Br)c1NC(=S)c1ccccc1. The van der Waals surface area contributed by atoms with E-state index in [4.69, 9.17) is 17.0 Å². The van der Waals surface area contributed by atoms with Gasteiger partial charge >= 0.3 is 0 Å². The number of hydrogen-bond donors (Lipinski definition) is 1. The van der Waals surface area contributed by atoms with Crippen molar-refractivity contribution < 1.29 is 4.74 Å². The Kier molecular flexibility index (Phi) is 4.96. The summed E-state index contributed by atoms with van der Waals surface area (Å²) in [5.74, 6) is 0.722. The Bertz CT molecular complexity index is 602. The first-order valence-electron chi connectivity index (χ1n) is 5.51. The van der Waals surface area contributed by atoms with Crippen molar-refractivity contribution >= 4 is 54.8 Å². The Balaban J connectivity index is 2.31. The minimum absolute atomic E-state index is 0.655. The van der Waals surface area contributed by atoms with E-state index in [2.05, 4.69) is 37.2 Å². The molecule has 0 bridgehead atoms. The molecule has 0 unspecified atom stereocenters. The van der Waals surface area contributed by atoms with E-state index in [0.717, 1.165) is 25.9 Å². The predicted molar refractivity (Wildman–Crippen MR) is 90.2 cm³/mol. The van der Waals surface area contributed by atoms with E-state index >= 15 is 0 Å². The zero-order valence-electron chi connectivity index (χ0n) is 10.1. The molecule has 2 aromatic rings. The van der Waals surface area contributed by atoms with Crippen molar-refractivity contribution in [1.29, 1.82) is 0 Å². The van der Waals surface area contributed by atoms with E-state index in [1.165, 1.54) is 0 Å². The molecular formula is C14H11Br2NOS. The first kappa shape index (κ1) is 14.5. The van der Waals surface area contributed by atoms with Crippen molar-refractivity contribution in [2.24, 2.45) is 0 Å². The second kappa shape index (κ2) is 6.50. The van der Waals surface area contributed by atoms with E-state index in [0.29, 0.717) is 4.99 Å². The van der Waals surface area contributed by atoms with Gasteiger partial charge < -0.3 is 10.1 Å². The smallest absolute Gasteiger partial charge is 0.144 e. The van der Waals surface area contributed by atoms with Crippen LogP contribution in [-0.2, 0) is 0 Å². The molecule has 0 heterocycles. The van der Waals surface area contributed by atoms with Crippen LogP contribution in [0.5, 0.6) is 5.75 Å². The number of ether oxygens (including phenoxy) is 1. The summed E-state index contributed by atoms with van der Waals surface area (Å²) in [6.45, 7) is 0. The molecule has 0 radical (unpaired) electrons. The van der Waals surface area contributed by atoms with Gasteiger partial charge in [-0.2, -0.15) is 0 Å². The monoisotopic (exact) mass is 399 g/mol. The topological polar surface area (TPSA) is 21.3 Å². The molecule has 2 aromatic carbocycles. The molecule has 0 amide bonds. The van der Waals surface area contributed by atoms with Gasteiger partial charge in [0.25, 0.3) is 0 Å². The lowest BCUT2D eigenvalue weighted by Crippen LogP contribution is -2.11. The van der Waals surface area contributed by atoms with Crippen LogP contribution in [0.25, 0.3) is 0 Å². The highest BCUT2D eigenvalue weighted by atomic mass is 79.9. The summed E-state index contributed by atoms with van der Waals surface area (Å²) in [6.07, 6.45) is 0. The Morgan fingerprint density at radius 1 is 1.16 bits per heavy atom. The fourth-order valence-corrected chi connectivity index (χ4v) is 3.13. The third-order valence-corrected chi connectivity index (χ3v) is 3.93. The lowest BCUT2D eigenvalue weighted by molar-refractivity contribution is 0.416. The van der Waals surface area contributed by atoms with Gasteiger partial charge in [0.2, 0.25) is 0 Å². The third-order valence-electron chi connectivity index (χ3n) is 2.51. The molecule has 5 heteroatoms. The number of benzene rings is 2. The molecule has 0 aliphatic rings. The van der Waals surface area contributed by atoms with Crippen LogP contribution in [-0.4, -0.2) is 12.1 Å². The number of thiocarbonyl (C=S) groups is 1. The van der Waals surface area contributed by atoms with Crippen LogP contribution in [0.4, 0.5) is 5.69 Å². The largest absolute Gasteiger partial charge is 0.494 e. The highest BCUT2D eigenvalue weighted by molar-refractivity contribution is 9.11. The van der Waals surface area contributed by atoms with Crippen LogP contribution >= 0.6 is 44.1 Å². The van der Waals surface area contributed by atoms with Gasteiger partial charge in [-0.3, -0.25) is 0 Å². The normalized spacial score (nSPS) is 10.1. The molecule has 0 spiro atoms. The maximum Gasteiger partial charge on any atom is 0.144 e. The highest BCUT2D eigenvalue weighted by Crippen LogP contribution is 2.36. The second-order valence-electron chi connectivity index (χ2n) is 3.79. The fraction of sp³-hybridized carbons (Fsp3) is 0.0714. The predicted octanol–water partition coefficient (Wildman–Crippen LogP) is 5.01. The van der Waals surface area contributed by atoms with Crippen LogP contribution in [0.1, 0.15) is 5.56 Å². The standard InChI is InChI=1S/C14H11Br2NOS/c1-18-12-8-10(15)7-11(16)13(12)17-14(19)9-5-3-2-4-6-9/h2-8H,1H3,(H,17,19). The summed E-state index contributed by atoms with van der Waals surface area (Å²) < 4.78 is 7.19. The van der Waals surface area contributed by atoms with Gasteiger partial charge in [-0.05, 0) is 28.1 Å².